The van der Waals surface area contributed by atoms with Crippen molar-refractivity contribution in [2.24, 2.45) is 5.92 Å². The third-order valence-corrected chi connectivity index (χ3v) is 9.09. The van der Waals surface area contributed by atoms with E-state index in [4.69, 9.17) is 0 Å². The number of benzene rings is 2. The molecule has 4 amide bonds. The van der Waals surface area contributed by atoms with Gasteiger partial charge in [-0.1, -0.05) is 85.5 Å². The van der Waals surface area contributed by atoms with Crippen molar-refractivity contribution < 1.29 is 24.3 Å². The Hall–Kier alpha value is -5.33. The molecule has 3 aliphatic rings. The van der Waals surface area contributed by atoms with E-state index >= 15 is 0 Å². The van der Waals surface area contributed by atoms with Gasteiger partial charge in [0.05, 0.1) is 25.2 Å². The van der Waals surface area contributed by atoms with Crippen molar-refractivity contribution >= 4 is 34.5 Å². The monoisotopic (exact) mass is 663 g/mol. The number of aromatic nitrogens is 2. The van der Waals surface area contributed by atoms with Crippen molar-refractivity contribution in [3.63, 3.8) is 0 Å². The number of hydrogen-bond acceptors (Lipinski definition) is 7. The van der Waals surface area contributed by atoms with Crippen LogP contribution in [0.2, 0.25) is 0 Å². The normalized spacial score (nSPS) is 20.2. The molecular weight excluding hydrogens is 622 g/mol. The molecule has 1 aromatic heterocycles. The van der Waals surface area contributed by atoms with E-state index in [9.17, 15) is 24.3 Å². The highest BCUT2D eigenvalue weighted by Gasteiger charge is 2.51. The number of para-hydroxylation sites is 1. The Bertz CT molecular complexity index is 1810. The molecule has 12 nitrogen and oxygen atoms in total. The van der Waals surface area contributed by atoms with Gasteiger partial charge in [-0.3, -0.25) is 19.5 Å². The molecule has 0 unspecified atom stereocenters. The van der Waals surface area contributed by atoms with Crippen LogP contribution >= 0.6 is 0 Å². The number of nitrogens with zero attached hydrogens (tertiary/aromatic N) is 5. The summed E-state index contributed by atoms with van der Waals surface area (Å²) in [6.07, 6.45) is 9.25. The second-order valence-electron chi connectivity index (χ2n) is 12.5. The van der Waals surface area contributed by atoms with Crippen molar-refractivity contribution in [3.05, 3.63) is 114 Å². The molecular formula is C37H41N7O5. The largest absolute Gasteiger partial charge is 0.392 e. The molecule has 1 saturated carbocycles. The molecule has 2 aliphatic heterocycles. The van der Waals surface area contributed by atoms with E-state index in [1.165, 1.54) is 9.91 Å². The zero-order valence-corrected chi connectivity index (χ0v) is 27.3. The molecule has 3 N–H and O–H groups in total. The number of Topliss-reactive ketones (excluding diaryl/α,β-unsaturated/α-hetero) is 1. The number of aromatic amines is 1. The average molecular weight is 664 g/mol. The third-order valence-electron chi connectivity index (χ3n) is 9.09. The fraction of sp³-hybridized carbons (Fsp3) is 0.324. The minimum Gasteiger partial charge on any atom is -0.392 e. The van der Waals surface area contributed by atoms with Crippen molar-refractivity contribution in [3.8, 4) is 0 Å². The van der Waals surface area contributed by atoms with Crippen molar-refractivity contribution in [2.45, 2.75) is 44.6 Å². The van der Waals surface area contributed by atoms with Gasteiger partial charge in [0.25, 0.3) is 0 Å². The molecule has 0 radical (unpaired) electrons. The highest BCUT2D eigenvalue weighted by Crippen LogP contribution is 2.35. The number of H-pyrrole nitrogens is 1. The maximum Gasteiger partial charge on any atom is 0.334 e. The van der Waals surface area contributed by atoms with Crippen LogP contribution in [0.25, 0.3) is 10.9 Å². The number of hydrazine groups is 1. The van der Waals surface area contributed by atoms with Gasteiger partial charge < -0.3 is 20.2 Å². The minimum atomic E-state index is -0.955. The number of aliphatic hydroxyl groups excluding tert-OH is 1. The Morgan fingerprint density at radius 2 is 1.88 bits per heavy atom. The molecule has 0 bridgehead atoms. The Labute approximate surface area is 285 Å². The van der Waals surface area contributed by atoms with Crippen molar-refractivity contribution in [1.82, 2.24) is 35.3 Å². The minimum absolute atomic E-state index is 0.00430. The number of amides is 4. The Balaban J connectivity index is 1.37. The zero-order valence-electron chi connectivity index (χ0n) is 27.3. The first-order valence-corrected chi connectivity index (χ1v) is 16.5. The number of allylic oxidation sites excluding steroid dienone is 3. The maximum absolute atomic E-state index is 14.5. The predicted octanol–water partition coefficient (Wildman–Crippen LogP) is 3.70. The lowest BCUT2D eigenvalue weighted by Crippen LogP contribution is -2.76. The van der Waals surface area contributed by atoms with E-state index in [2.05, 4.69) is 28.7 Å². The molecule has 0 spiro atoms. The fourth-order valence-corrected chi connectivity index (χ4v) is 6.63. The van der Waals surface area contributed by atoms with Crippen LogP contribution < -0.4 is 5.32 Å². The summed E-state index contributed by atoms with van der Waals surface area (Å²) < 4.78 is 0. The van der Waals surface area contributed by atoms with E-state index < -0.39 is 18.2 Å². The number of carbonyl (C=O) groups is 4. The van der Waals surface area contributed by atoms with Gasteiger partial charge in [0.15, 0.2) is 5.78 Å². The highest BCUT2D eigenvalue weighted by molar-refractivity contribution is 6.08. The molecule has 3 fully saturated rings. The molecule has 2 aromatic carbocycles. The Kier molecular flexibility index (Phi) is 10.2. The van der Waals surface area contributed by atoms with Crippen LogP contribution in [0.3, 0.4) is 0 Å². The average Bonchev–Trinajstić information content (AvgIpc) is 3.86. The summed E-state index contributed by atoms with van der Waals surface area (Å²) in [6.45, 7) is 8.02. The number of piperazine rings is 1. The van der Waals surface area contributed by atoms with Gasteiger partial charge in [-0.15, -0.1) is 6.58 Å². The summed E-state index contributed by atoms with van der Waals surface area (Å²) in [7, 11) is 0. The quantitative estimate of drug-likeness (QED) is 0.144. The van der Waals surface area contributed by atoms with Crippen LogP contribution in [-0.2, 0) is 22.7 Å². The van der Waals surface area contributed by atoms with Gasteiger partial charge in [-0.05, 0) is 29.5 Å². The molecule has 3 heterocycles. The smallest absolute Gasteiger partial charge is 0.334 e. The van der Waals surface area contributed by atoms with Gasteiger partial charge in [-0.25, -0.2) is 14.8 Å². The van der Waals surface area contributed by atoms with Gasteiger partial charge in [0.2, 0.25) is 11.8 Å². The van der Waals surface area contributed by atoms with Crippen LogP contribution in [0.5, 0.6) is 0 Å². The summed E-state index contributed by atoms with van der Waals surface area (Å²) >= 11 is 0. The summed E-state index contributed by atoms with van der Waals surface area (Å²) in [5.41, 5.74) is 3.43. The lowest BCUT2D eigenvalue weighted by molar-refractivity contribution is -0.189. The second kappa shape index (κ2) is 14.8. The molecule has 1 aliphatic carbocycles. The second-order valence-corrected chi connectivity index (χ2v) is 12.5. The predicted molar refractivity (Wildman–Crippen MR) is 184 cm³/mol. The fourth-order valence-electron chi connectivity index (χ4n) is 6.63. The summed E-state index contributed by atoms with van der Waals surface area (Å²) in [5, 5.41) is 23.8. The number of hydrogen-bond donors (Lipinski definition) is 3. The first-order valence-electron chi connectivity index (χ1n) is 16.5. The SMILES string of the molecule is C=C/C=C(\C=C/CO)C[C@H]1C(=O)N(Cc2cccc3c(C(=O)C4CC4)n[nH]c23)C[C@H]2N1C(=O)CN(CC=C)N2C(=O)NCc1ccccc1. The number of carbonyl (C=O) groups excluding carboxylic acids is 4. The number of aliphatic hydroxyl groups is 1. The number of urea groups is 1. The summed E-state index contributed by atoms with van der Waals surface area (Å²) in [6, 6.07) is 13.7. The lowest BCUT2D eigenvalue weighted by Gasteiger charge is -2.55. The van der Waals surface area contributed by atoms with E-state index in [-0.39, 0.29) is 69.3 Å². The first-order chi connectivity index (χ1) is 23.8. The molecule has 49 heavy (non-hydrogen) atoms. The number of fused-ring (bicyclic) bond motifs is 2. The maximum atomic E-state index is 14.5. The van der Waals surface area contributed by atoms with Gasteiger partial charge in [0.1, 0.15) is 17.9 Å². The van der Waals surface area contributed by atoms with E-state index in [0.717, 1.165) is 24.0 Å². The number of ketones is 1. The topological polar surface area (TPSA) is 142 Å². The lowest BCUT2D eigenvalue weighted by atomic mass is 9.97. The van der Waals surface area contributed by atoms with Crippen LogP contribution in [0.1, 0.15) is 40.9 Å². The van der Waals surface area contributed by atoms with Crippen LogP contribution in [0, 0.1) is 5.92 Å². The van der Waals surface area contributed by atoms with Gasteiger partial charge >= 0.3 is 6.03 Å². The van der Waals surface area contributed by atoms with E-state index in [1.807, 2.05) is 48.5 Å². The molecule has 2 atom stereocenters. The molecule has 3 aromatic rings. The summed E-state index contributed by atoms with van der Waals surface area (Å²) in [5.74, 6) is -0.556. The first kappa shape index (κ1) is 33.6. The van der Waals surface area contributed by atoms with Crippen LogP contribution in [-0.4, -0.2) is 97.2 Å². The van der Waals surface area contributed by atoms with Crippen LogP contribution in [0.15, 0.2) is 97.6 Å². The van der Waals surface area contributed by atoms with Crippen LogP contribution in [0.4, 0.5) is 4.79 Å². The van der Waals surface area contributed by atoms with Crippen molar-refractivity contribution in [2.75, 3.05) is 26.2 Å². The number of nitrogens with one attached hydrogen (secondary N) is 2. The summed E-state index contributed by atoms with van der Waals surface area (Å²) in [4.78, 5) is 58.5. The molecule has 2 saturated heterocycles. The highest BCUT2D eigenvalue weighted by atomic mass is 16.2. The van der Waals surface area contributed by atoms with Crippen molar-refractivity contribution in [1.29, 1.82) is 0 Å². The standard InChI is InChI=1S/C37H41N7O5/c1-3-10-25(13-9-19-45)20-30-36(48)41(22-28-14-8-15-29-33(28)39-40-34(29)35(47)27-16-17-27)23-31-43(30)32(46)24-42(18-4-2)44(31)37(49)38-21-26-11-6-5-7-12-26/h3-15,27,30-31,45H,1-2,16-24H2,(H,38,49)(H,39,40)/b13-9-,25-10+/t30-,31-/m0/s1. The van der Waals surface area contributed by atoms with E-state index in [1.54, 1.807) is 40.3 Å². The molecule has 12 heteroatoms. The third kappa shape index (κ3) is 7.10. The molecule has 6 rings (SSSR count). The van der Waals surface area contributed by atoms with Gasteiger partial charge in [0, 0.05) is 37.4 Å². The number of rotatable bonds is 13. The van der Waals surface area contributed by atoms with Gasteiger partial charge in [-0.2, -0.15) is 5.10 Å². The Morgan fingerprint density at radius 3 is 2.59 bits per heavy atom. The Morgan fingerprint density at radius 1 is 1.08 bits per heavy atom. The molecule has 254 valence electrons. The zero-order chi connectivity index (χ0) is 34.5. The van der Waals surface area contributed by atoms with E-state index in [0.29, 0.717) is 22.2 Å².